The lowest BCUT2D eigenvalue weighted by atomic mass is 10.1. The topological polar surface area (TPSA) is 105 Å². The number of morpholine rings is 1. The number of aromatic nitrogens is 6. The van der Waals surface area contributed by atoms with E-state index in [2.05, 4.69) is 30.3 Å². The number of benzene rings is 1. The van der Waals surface area contributed by atoms with Crippen molar-refractivity contribution in [1.29, 1.82) is 0 Å². The highest BCUT2D eigenvalue weighted by atomic mass is 16.5. The predicted octanol–water partition coefficient (Wildman–Crippen LogP) is 0.560. The van der Waals surface area contributed by atoms with Crippen molar-refractivity contribution in [3.8, 4) is 5.69 Å². The molecule has 11 nitrogen and oxygen atoms in total. The van der Waals surface area contributed by atoms with E-state index in [0.29, 0.717) is 31.9 Å². The van der Waals surface area contributed by atoms with Crippen LogP contribution in [0.4, 0.5) is 11.8 Å². The Labute approximate surface area is 185 Å². The lowest BCUT2D eigenvalue weighted by Crippen LogP contribution is -2.49. The Morgan fingerprint density at radius 2 is 1.78 bits per heavy atom. The minimum Gasteiger partial charge on any atom is -0.378 e. The molecule has 0 aliphatic carbocycles. The van der Waals surface area contributed by atoms with Crippen molar-refractivity contribution in [2.24, 2.45) is 0 Å². The number of anilines is 2. The summed E-state index contributed by atoms with van der Waals surface area (Å²) in [6.07, 6.45) is 1.51. The molecule has 5 rings (SSSR count). The van der Waals surface area contributed by atoms with Crippen molar-refractivity contribution >= 4 is 17.7 Å². The van der Waals surface area contributed by atoms with Crippen LogP contribution in [-0.4, -0.2) is 93.5 Å². The van der Waals surface area contributed by atoms with Crippen molar-refractivity contribution in [2.45, 2.75) is 6.92 Å². The van der Waals surface area contributed by atoms with E-state index in [4.69, 9.17) is 9.72 Å². The Morgan fingerprint density at radius 3 is 2.53 bits per heavy atom. The molecule has 166 valence electrons. The average Bonchev–Trinajstić information content (AvgIpc) is 3.39. The molecule has 3 aromatic rings. The number of carbonyl (C=O) groups excluding carboxylic acids is 1. The van der Waals surface area contributed by atoms with Crippen molar-refractivity contribution < 1.29 is 9.53 Å². The fourth-order valence-electron chi connectivity index (χ4n) is 3.99. The molecule has 0 unspecified atom stereocenters. The Bertz CT molecular complexity index is 1070. The van der Waals surface area contributed by atoms with Gasteiger partial charge in [0.1, 0.15) is 12.1 Å². The summed E-state index contributed by atoms with van der Waals surface area (Å²) in [4.78, 5) is 28.8. The van der Waals surface area contributed by atoms with Gasteiger partial charge in [0, 0.05) is 56.6 Å². The molecule has 2 saturated heterocycles. The van der Waals surface area contributed by atoms with E-state index < -0.39 is 0 Å². The fourth-order valence-corrected chi connectivity index (χ4v) is 3.99. The third-order valence-corrected chi connectivity index (χ3v) is 5.72. The van der Waals surface area contributed by atoms with E-state index in [1.807, 2.05) is 42.2 Å². The van der Waals surface area contributed by atoms with Crippen LogP contribution in [0.1, 0.15) is 16.1 Å². The molecular formula is C21H25N9O2. The Kier molecular flexibility index (Phi) is 5.63. The zero-order valence-corrected chi connectivity index (χ0v) is 18.0. The van der Waals surface area contributed by atoms with E-state index >= 15 is 0 Å². The minimum atomic E-state index is 0.00690. The van der Waals surface area contributed by atoms with Crippen LogP contribution in [0.25, 0.3) is 5.69 Å². The van der Waals surface area contributed by atoms with Gasteiger partial charge in [-0.3, -0.25) is 4.79 Å². The Morgan fingerprint density at radius 1 is 0.969 bits per heavy atom. The second-order valence-electron chi connectivity index (χ2n) is 7.85. The van der Waals surface area contributed by atoms with Crippen LogP contribution >= 0.6 is 0 Å². The van der Waals surface area contributed by atoms with Crippen molar-refractivity contribution in [1.82, 2.24) is 35.1 Å². The van der Waals surface area contributed by atoms with Crippen LogP contribution < -0.4 is 9.80 Å². The molecule has 11 heteroatoms. The van der Waals surface area contributed by atoms with Gasteiger partial charge in [-0.05, 0) is 35.5 Å². The highest BCUT2D eigenvalue weighted by Crippen LogP contribution is 2.21. The molecule has 2 aromatic heterocycles. The minimum absolute atomic E-state index is 0.00690. The van der Waals surface area contributed by atoms with E-state index in [1.165, 1.54) is 11.0 Å². The lowest BCUT2D eigenvalue weighted by molar-refractivity contribution is 0.0746. The number of hydrogen-bond donors (Lipinski definition) is 0. The Balaban J connectivity index is 1.26. The third-order valence-electron chi connectivity index (χ3n) is 5.72. The SMILES string of the molecule is Cc1cc(N2CCN(C(=O)c3cccc(-n4cnnn4)c3)CC2)nc(N2CCOCC2)n1. The molecule has 1 amide bonds. The number of tetrazole rings is 1. The summed E-state index contributed by atoms with van der Waals surface area (Å²) < 4.78 is 6.98. The molecule has 0 atom stereocenters. The van der Waals surface area contributed by atoms with Crippen molar-refractivity contribution in [2.75, 3.05) is 62.3 Å². The van der Waals surface area contributed by atoms with Crippen molar-refractivity contribution in [3.05, 3.63) is 47.9 Å². The quantitative estimate of drug-likeness (QED) is 0.581. The van der Waals surface area contributed by atoms with Gasteiger partial charge in [-0.25, -0.2) is 9.67 Å². The summed E-state index contributed by atoms with van der Waals surface area (Å²) in [5.74, 6) is 1.67. The molecule has 2 aliphatic heterocycles. The summed E-state index contributed by atoms with van der Waals surface area (Å²) in [7, 11) is 0. The largest absolute Gasteiger partial charge is 0.378 e. The summed E-state index contributed by atoms with van der Waals surface area (Å²) in [5, 5.41) is 11.2. The van der Waals surface area contributed by atoms with E-state index in [1.54, 1.807) is 0 Å². The van der Waals surface area contributed by atoms with E-state index in [-0.39, 0.29) is 5.91 Å². The van der Waals surface area contributed by atoms with Gasteiger partial charge in [-0.15, -0.1) is 5.10 Å². The van der Waals surface area contributed by atoms with Gasteiger partial charge in [0.05, 0.1) is 18.9 Å². The summed E-state index contributed by atoms with van der Waals surface area (Å²) in [5.41, 5.74) is 2.32. The van der Waals surface area contributed by atoms with Gasteiger partial charge in [-0.2, -0.15) is 4.98 Å². The molecule has 1 aromatic carbocycles. The number of piperazine rings is 1. The smallest absolute Gasteiger partial charge is 0.254 e. The normalized spacial score (nSPS) is 17.0. The molecule has 32 heavy (non-hydrogen) atoms. The molecule has 0 N–H and O–H groups in total. The first-order chi connectivity index (χ1) is 15.7. The lowest BCUT2D eigenvalue weighted by Gasteiger charge is -2.36. The summed E-state index contributed by atoms with van der Waals surface area (Å²) >= 11 is 0. The fraction of sp³-hybridized carbons (Fsp3) is 0.429. The number of hydrogen-bond acceptors (Lipinski definition) is 9. The molecule has 0 radical (unpaired) electrons. The maximum Gasteiger partial charge on any atom is 0.254 e. The number of nitrogens with zero attached hydrogens (tertiary/aromatic N) is 9. The van der Waals surface area contributed by atoms with Crippen LogP contribution in [0.2, 0.25) is 0 Å². The number of ether oxygens (including phenoxy) is 1. The molecule has 4 heterocycles. The molecule has 0 spiro atoms. The number of amides is 1. The molecule has 2 fully saturated rings. The summed E-state index contributed by atoms with van der Waals surface area (Å²) in [6.45, 7) is 7.68. The monoisotopic (exact) mass is 435 g/mol. The van der Waals surface area contributed by atoms with Gasteiger partial charge in [0.15, 0.2) is 0 Å². The average molecular weight is 435 g/mol. The van der Waals surface area contributed by atoms with Crippen LogP contribution in [-0.2, 0) is 4.74 Å². The van der Waals surface area contributed by atoms with Crippen molar-refractivity contribution in [3.63, 3.8) is 0 Å². The first-order valence-electron chi connectivity index (χ1n) is 10.7. The highest BCUT2D eigenvalue weighted by molar-refractivity contribution is 5.95. The molecular weight excluding hydrogens is 410 g/mol. The highest BCUT2D eigenvalue weighted by Gasteiger charge is 2.24. The Hall–Kier alpha value is -3.60. The van der Waals surface area contributed by atoms with Gasteiger partial charge >= 0.3 is 0 Å². The first kappa shape index (κ1) is 20.3. The zero-order valence-electron chi connectivity index (χ0n) is 18.0. The van der Waals surface area contributed by atoms with Crippen LogP contribution in [0.5, 0.6) is 0 Å². The molecule has 2 aliphatic rings. The maximum atomic E-state index is 13.1. The molecule has 0 saturated carbocycles. The number of carbonyl (C=O) groups is 1. The second kappa shape index (κ2) is 8.87. The predicted molar refractivity (Wildman–Crippen MR) is 117 cm³/mol. The maximum absolute atomic E-state index is 13.1. The van der Waals surface area contributed by atoms with Crippen LogP contribution in [0.3, 0.4) is 0 Å². The number of rotatable bonds is 4. The standard InChI is InChI=1S/C21H25N9O2/c1-16-13-19(24-21(23-16)29-9-11-32-12-10-29)27-5-7-28(8-6-27)20(31)17-3-2-4-18(14-17)30-15-22-25-26-30/h2-4,13-15H,5-12H2,1H3. The zero-order chi connectivity index (χ0) is 21.9. The van der Waals surface area contributed by atoms with Gasteiger partial charge in [0.25, 0.3) is 5.91 Å². The number of aryl methyl sites for hydroxylation is 1. The van der Waals surface area contributed by atoms with Gasteiger partial charge in [-0.1, -0.05) is 6.07 Å². The van der Waals surface area contributed by atoms with Crippen LogP contribution in [0, 0.1) is 6.92 Å². The first-order valence-corrected chi connectivity index (χ1v) is 10.7. The van der Waals surface area contributed by atoms with E-state index in [0.717, 1.165) is 49.3 Å². The second-order valence-corrected chi connectivity index (χ2v) is 7.85. The van der Waals surface area contributed by atoms with Gasteiger partial charge < -0.3 is 19.4 Å². The molecule has 0 bridgehead atoms. The van der Waals surface area contributed by atoms with Gasteiger partial charge in [0.2, 0.25) is 5.95 Å². The van der Waals surface area contributed by atoms with Crippen LogP contribution in [0.15, 0.2) is 36.7 Å². The summed E-state index contributed by atoms with van der Waals surface area (Å²) in [6, 6.07) is 9.36. The van der Waals surface area contributed by atoms with E-state index in [9.17, 15) is 4.79 Å². The third kappa shape index (κ3) is 4.24.